The molecule has 0 saturated carbocycles. The van der Waals surface area contributed by atoms with E-state index in [9.17, 15) is 0 Å². The highest BCUT2D eigenvalue weighted by Gasteiger charge is 2.31. The maximum Gasteiger partial charge on any atom is 0.0757 e. The molecular weight excluding hydrogens is 292 g/mol. The smallest absolute Gasteiger partial charge is 0.0757 e. The van der Waals surface area contributed by atoms with Crippen LogP contribution in [0.1, 0.15) is 26.3 Å². The molecule has 0 radical (unpaired) electrons. The standard InChI is InChI=1S/C14H21BrN2O/c1-10-7-17(9-14(2,3)18-10)8-11-6-12(16)4-5-13(11)15/h4-6,10H,7-9,16H2,1-3H3. The highest BCUT2D eigenvalue weighted by molar-refractivity contribution is 9.10. The Morgan fingerprint density at radius 1 is 1.50 bits per heavy atom. The normalized spacial score (nSPS) is 24.1. The summed E-state index contributed by atoms with van der Waals surface area (Å²) in [4.78, 5) is 2.42. The number of rotatable bonds is 2. The van der Waals surface area contributed by atoms with Crippen molar-refractivity contribution >= 4 is 21.6 Å². The molecular formula is C14H21BrN2O. The van der Waals surface area contributed by atoms with Gasteiger partial charge in [-0.2, -0.15) is 0 Å². The molecule has 0 amide bonds. The third kappa shape index (κ3) is 3.46. The van der Waals surface area contributed by atoms with Crippen LogP contribution in [0.5, 0.6) is 0 Å². The van der Waals surface area contributed by atoms with Gasteiger partial charge in [0.1, 0.15) is 0 Å². The average Bonchev–Trinajstić information content (AvgIpc) is 2.20. The first kappa shape index (κ1) is 13.8. The minimum atomic E-state index is -0.0789. The van der Waals surface area contributed by atoms with Crippen molar-refractivity contribution in [3.05, 3.63) is 28.2 Å². The molecule has 100 valence electrons. The van der Waals surface area contributed by atoms with Crippen LogP contribution in [0.3, 0.4) is 0 Å². The Kier molecular flexibility index (Phi) is 3.99. The molecule has 1 aromatic carbocycles. The molecule has 0 spiro atoms. The van der Waals surface area contributed by atoms with Gasteiger partial charge in [0.15, 0.2) is 0 Å². The van der Waals surface area contributed by atoms with Crippen molar-refractivity contribution in [2.75, 3.05) is 18.8 Å². The van der Waals surface area contributed by atoms with Gasteiger partial charge in [0.2, 0.25) is 0 Å². The third-order valence-electron chi connectivity index (χ3n) is 3.10. The summed E-state index contributed by atoms with van der Waals surface area (Å²) in [6, 6.07) is 5.97. The second kappa shape index (κ2) is 5.19. The molecule has 2 rings (SSSR count). The summed E-state index contributed by atoms with van der Waals surface area (Å²) in [5.74, 6) is 0. The molecule has 4 heteroatoms. The van der Waals surface area contributed by atoms with E-state index in [4.69, 9.17) is 10.5 Å². The van der Waals surface area contributed by atoms with E-state index >= 15 is 0 Å². The Morgan fingerprint density at radius 2 is 2.22 bits per heavy atom. The van der Waals surface area contributed by atoms with Crippen LogP contribution < -0.4 is 5.73 Å². The summed E-state index contributed by atoms with van der Waals surface area (Å²) < 4.78 is 7.04. The molecule has 0 aromatic heterocycles. The SMILES string of the molecule is CC1CN(Cc2cc(N)ccc2Br)CC(C)(C)O1. The topological polar surface area (TPSA) is 38.5 Å². The monoisotopic (exact) mass is 312 g/mol. The van der Waals surface area contributed by atoms with Crippen LogP contribution in [0.15, 0.2) is 22.7 Å². The van der Waals surface area contributed by atoms with Crippen LogP contribution in [-0.4, -0.2) is 29.7 Å². The molecule has 0 aliphatic carbocycles. The lowest BCUT2D eigenvalue weighted by molar-refractivity contribution is -0.130. The molecule has 1 fully saturated rings. The number of anilines is 1. The average molecular weight is 313 g/mol. The number of nitrogen functional groups attached to an aromatic ring is 1. The number of benzene rings is 1. The molecule has 0 bridgehead atoms. The van der Waals surface area contributed by atoms with Gasteiger partial charge < -0.3 is 10.5 Å². The molecule has 18 heavy (non-hydrogen) atoms. The highest BCUT2D eigenvalue weighted by Crippen LogP contribution is 2.25. The molecule has 2 N–H and O–H groups in total. The Morgan fingerprint density at radius 3 is 2.89 bits per heavy atom. The second-order valence-corrected chi connectivity index (χ2v) is 6.56. The Bertz CT molecular complexity index is 434. The van der Waals surface area contributed by atoms with Crippen LogP contribution in [-0.2, 0) is 11.3 Å². The van der Waals surface area contributed by atoms with Crippen molar-refractivity contribution in [1.82, 2.24) is 4.90 Å². The van der Waals surface area contributed by atoms with Crippen LogP contribution in [0, 0.1) is 0 Å². The summed E-state index contributed by atoms with van der Waals surface area (Å²) in [5.41, 5.74) is 7.82. The lowest BCUT2D eigenvalue weighted by atomic mass is 10.0. The van der Waals surface area contributed by atoms with Gasteiger partial charge in [-0.3, -0.25) is 4.90 Å². The fraction of sp³-hybridized carbons (Fsp3) is 0.571. The van der Waals surface area contributed by atoms with E-state index in [-0.39, 0.29) is 11.7 Å². The van der Waals surface area contributed by atoms with Crippen LogP contribution in [0.4, 0.5) is 5.69 Å². The number of nitrogens with two attached hydrogens (primary N) is 1. The molecule has 1 unspecified atom stereocenters. The zero-order valence-corrected chi connectivity index (χ0v) is 12.8. The van der Waals surface area contributed by atoms with Gasteiger partial charge in [0.05, 0.1) is 11.7 Å². The van der Waals surface area contributed by atoms with Crippen molar-refractivity contribution < 1.29 is 4.74 Å². The number of hydrogen-bond donors (Lipinski definition) is 1. The van der Waals surface area contributed by atoms with Crippen LogP contribution in [0.2, 0.25) is 0 Å². The second-order valence-electron chi connectivity index (χ2n) is 5.71. The number of morpholine rings is 1. The van der Waals surface area contributed by atoms with Crippen molar-refractivity contribution in [2.24, 2.45) is 0 Å². The molecule has 1 atom stereocenters. The Balaban J connectivity index is 2.11. The first-order valence-corrected chi connectivity index (χ1v) is 7.09. The quantitative estimate of drug-likeness (QED) is 0.853. The van der Waals surface area contributed by atoms with Gasteiger partial charge in [-0.25, -0.2) is 0 Å². The van der Waals surface area contributed by atoms with Gasteiger partial charge >= 0.3 is 0 Å². The minimum absolute atomic E-state index is 0.0789. The van der Waals surface area contributed by atoms with Gasteiger partial charge in [0.25, 0.3) is 0 Å². The molecule has 1 aliphatic heterocycles. The lowest BCUT2D eigenvalue weighted by Crippen LogP contribution is -2.51. The van der Waals surface area contributed by atoms with Crippen LogP contribution >= 0.6 is 15.9 Å². The summed E-state index contributed by atoms with van der Waals surface area (Å²) >= 11 is 3.59. The maximum atomic E-state index is 5.92. The molecule has 1 heterocycles. The highest BCUT2D eigenvalue weighted by atomic mass is 79.9. The van der Waals surface area contributed by atoms with E-state index in [0.29, 0.717) is 0 Å². The molecule has 3 nitrogen and oxygen atoms in total. The van der Waals surface area contributed by atoms with Crippen molar-refractivity contribution in [1.29, 1.82) is 0 Å². The lowest BCUT2D eigenvalue weighted by Gasteiger charge is -2.41. The number of hydrogen-bond acceptors (Lipinski definition) is 3. The number of nitrogens with zero attached hydrogens (tertiary/aromatic N) is 1. The van der Waals surface area contributed by atoms with Crippen molar-refractivity contribution in [2.45, 2.75) is 39.0 Å². The summed E-state index contributed by atoms with van der Waals surface area (Å²) in [5, 5.41) is 0. The largest absolute Gasteiger partial charge is 0.399 e. The Labute approximate surface area is 117 Å². The minimum Gasteiger partial charge on any atom is -0.399 e. The first-order valence-electron chi connectivity index (χ1n) is 6.30. The van der Waals surface area contributed by atoms with Crippen molar-refractivity contribution in [3.8, 4) is 0 Å². The predicted octanol–water partition coefficient (Wildman–Crippen LogP) is 3.03. The third-order valence-corrected chi connectivity index (χ3v) is 3.88. The van der Waals surface area contributed by atoms with E-state index < -0.39 is 0 Å². The van der Waals surface area contributed by atoms with Gasteiger partial charge in [-0.1, -0.05) is 15.9 Å². The molecule has 1 aliphatic rings. The van der Waals surface area contributed by atoms with E-state index in [0.717, 1.165) is 29.8 Å². The summed E-state index contributed by atoms with van der Waals surface area (Å²) in [7, 11) is 0. The van der Waals surface area contributed by atoms with Crippen molar-refractivity contribution in [3.63, 3.8) is 0 Å². The molecule has 1 saturated heterocycles. The molecule has 1 aromatic rings. The summed E-state index contributed by atoms with van der Waals surface area (Å²) in [6.45, 7) is 9.22. The zero-order chi connectivity index (χ0) is 13.3. The van der Waals surface area contributed by atoms with Gasteiger partial charge in [-0.05, 0) is 44.5 Å². The van der Waals surface area contributed by atoms with E-state index in [2.05, 4.69) is 41.6 Å². The van der Waals surface area contributed by atoms with E-state index in [1.165, 1.54) is 5.56 Å². The summed E-state index contributed by atoms with van der Waals surface area (Å²) in [6.07, 6.45) is 0.272. The fourth-order valence-corrected chi connectivity index (χ4v) is 3.04. The van der Waals surface area contributed by atoms with Crippen LogP contribution in [0.25, 0.3) is 0 Å². The predicted molar refractivity (Wildman–Crippen MR) is 78.5 cm³/mol. The maximum absolute atomic E-state index is 5.92. The van der Waals surface area contributed by atoms with E-state index in [1.54, 1.807) is 0 Å². The number of ether oxygens (including phenoxy) is 1. The number of halogens is 1. The van der Waals surface area contributed by atoms with E-state index in [1.807, 2.05) is 18.2 Å². The van der Waals surface area contributed by atoms with Gasteiger partial charge in [-0.15, -0.1) is 0 Å². The zero-order valence-electron chi connectivity index (χ0n) is 11.2. The Hall–Kier alpha value is -0.580. The van der Waals surface area contributed by atoms with Gasteiger partial charge in [0, 0.05) is 29.8 Å². The fourth-order valence-electron chi connectivity index (χ4n) is 2.66. The first-order chi connectivity index (χ1) is 8.35.